The summed E-state index contributed by atoms with van der Waals surface area (Å²) >= 11 is 0. The third-order valence-electron chi connectivity index (χ3n) is 6.04. The van der Waals surface area contributed by atoms with Crippen LogP contribution in [0.25, 0.3) is 11.1 Å². The monoisotopic (exact) mass is 450 g/mol. The fraction of sp³-hybridized carbons (Fsp3) is 0.308. The Kier molecular flexibility index (Phi) is 7.25. The van der Waals surface area contributed by atoms with Crippen LogP contribution in [0.2, 0.25) is 0 Å². The van der Waals surface area contributed by atoms with Crippen molar-refractivity contribution >= 4 is 10.0 Å². The molecule has 32 heavy (non-hydrogen) atoms. The van der Waals surface area contributed by atoms with Crippen molar-refractivity contribution < 1.29 is 13.2 Å². The van der Waals surface area contributed by atoms with E-state index in [0.717, 1.165) is 37.1 Å². The predicted molar refractivity (Wildman–Crippen MR) is 128 cm³/mol. The molecule has 1 heterocycles. The van der Waals surface area contributed by atoms with Gasteiger partial charge in [-0.25, -0.2) is 8.42 Å². The summed E-state index contributed by atoms with van der Waals surface area (Å²) in [6, 6.07) is 24.9. The van der Waals surface area contributed by atoms with E-state index in [0.29, 0.717) is 29.2 Å². The van der Waals surface area contributed by atoms with Crippen LogP contribution in [0.3, 0.4) is 0 Å². The Morgan fingerprint density at radius 2 is 1.59 bits per heavy atom. The van der Waals surface area contributed by atoms with Gasteiger partial charge in [0.1, 0.15) is 5.75 Å². The zero-order chi connectivity index (χ0) is 22.4. The lowest BCUT2D eigenvalue weighted by Gasteiger charge is -2.34. The van der Waals surface area contributed by atoms with E-state index in [1.54, 1.807) is 23.5 Å². The van der Waals surface area contributed by atoms with Gasteiger partial charge in [-0.2, -0.15) is 4.31 Å². The van der Waals surface area contributed by atoms with Gasteiger partial charge in [-0.1, -0.05) is 60.7 Å². The summed E-state index contributed by atoms with van der Waals surface area (Å²) in [5.74, 6) is 0.639. The van der Waals surface area contributed by atoms with Crippen LogP contribution in [0.15, 0.2) is 83.8 Å². The van der Waals surface area contributed by atoms with Crippen molar-refractivity contribution in [1.82, 2.24) is 9.62 Å². The average molecular weight is 451 g/mol. The lowest BCUT2D eigenvalue weighted by Crippen LogP contribution is -2.47. The molecule has 1 aliphatic heterocycles. The normalized spacial score (nSPS) is 15.1. The highest BCUT2D eigenvalue weighted by molar-refractivity contribution is 7.89. The first-order valence-corrected chi connectivity index (χ1v) is 12.5. The highest BCUT2D eigenvalue weighted by Gasteiger charge is 2.34. The van der Waals surface area contributed by atoms with Gasteiger partial charge in [-0.3, -0.25) is 0 Å². The van der Waals surface area contributed by atoms with E-state index in [2.05, 4.69) is 17.4 Å². The number of hydrogen-bond donors (Lipinski definition) is 1. The van der Waals surface area contributed by atoms with Crippen molar-refractivity contribution in [2.24, 2.45) is 0 Å². The number of sulfonamides is 1. The molecule has 0 aromatic heterocycles. The molecule has 168 valence electrons. The van der Waals surface area contributed by atoms with Gasteiger partial charge < -0.3 is 10.1 Å². The third kappa shape index (κ3) is 5.04. The molecule has 1 aliphatic rings. The SMILES string of the molecule is COc1ccc(S(=O)(=O)N(CCc2ccccc2)C2CCNCC2)c(-c2ccccc2)c1. The van der Waals surface area contributed by atoms with Gasteiger partial charge in [0.15, 0.2) is 0 Å². The second-order valence-corrected chi connectivity index (χ2v) is 9.92. The summed E-state index contributed by atoms with van der Waals surface area (Å²) in [7, 11) is -2.13. The Balaban J connectivity index is 1.74. The lowest BCUT2D eigenvalue weighted by atomic mass is 10.1. The van der Waals surface area contributed by atoms with Gasteiger partial charge in [0, 0.05) is 18.2 Å². The highest BCUT2D eigenvalue weighted by atomic mass is 32.2. The molecule has 0 atom stereocenters. The van der Waals surface area contributed by atoms with Crippen LogP contribution in [0.4, 0.5) is 0 Å². The van der Waals surface area contributed by atoms with Crippen molar-refractivity contribution in [2.45, 2.75) is 30.2 Å². The molecular formula is C26H30N2O3S. The first-order valence-electron chi connectivity index (χ1n) is 11.1. The number of hydrogen-bond acceptors (Lipinski definition) is 4. The van der Waals surface area contributed by atoms with E-state index in [1.807, 2.05) is 54.6 Å². The summed E-state index contributed by atoms with van der Waals surface area (Å²) in [6.07, 6.45) is 2.30. The van der Waals surface area contributed by atoms with Crippen molar-refractivity contribution in [3.63, 3.8) is 0 Å². The van der Waals surface area contributed by atoms with Gasteiger partial charge in [0.2, 0.25) is 10.0 Å². The number of benzene rings is 3. The minimum atomic E-state index is -3.72. The summed E-state index contributed by atoms with van der Waals surface area (Å²) in [6.45, 7) is 2.11. The maximum absolute atomic E-state index is 14.1. The van der Waals surface area contributed by atoms with E-state index >= 15 is 0 Å². The molecule has 5 nitrogen and oxygen atoms in total. The largest absolute Gasteiger partial charge is 0.497 e. The molecule has 0 bridgehead atoms. The Morgan fingerprint density at radius 1 is 0.938 bits per heavy atom. The van der Waals surface area contributed by atoms with E-state index in [4.69, 9.17) is 4.74 Å². The van der Waals surface area contributed by atoms with Crippen molar-refractivity contribution in [1.29, 1.82) is 0 Å². The van der Waals surface area contributed by atoms with E-state index in [-0.39, 0.29) is 6.04 Å². The Morgan fingerprint density at radius 3 is 2.25 bits per heavy atom. The highest BCUT2D eigenvalue weighted by Crippen LogP contribution is 2.34. The zero-order valence-electron chi connectivity index (χ0n) is 18.4. The van der Waals surface area contributed by atoms with Gasteiger partial charge >= 0.3 is 0 Å². The second-order valence-electron chi connectivity index (χ2n) is 8.06. The Labute approximate surface area is 191 Å². The lowest BCUT2D eigenvalue weighted by molar-refractivity contribution is 0.264. The quantitative estimate of drug-likeness (QED) is 0.554. The van der Waals surface area contributed by atoms with E-state index in [9.17, 15) is 8.42 Å². The van der Waals surface area contributed by atoms with Crippen molar-refractivity contribution in [3.8, 4) is 16.9 Å². The van der Waals surface area contributed by atoms with Crippen LogP contribution in [-0.2, 0) is 16.4 Å². The van der Waals surface area contributed by atoms with Crippen molar-refractivity contribution in [2.75, 3.05) is 26.7 Å². The molecule has 0 spiro atoms. The van der Waals surface area contributed by atoms with Crippen LogP contribution in [0.1, 0.15) is 18.4 Å². The number of rotatable bonds is 8. The molecule has 0 unspecified atom stereocenters. The smallest absolute Gasteiger partial charge is 0.243 e. The standard InChI is InChI=1S/C26H30N2O3S/c1-31-24-12-13-26(25(20-24)22-10-6-3-7-11-22)32(29,30)28(23-14-17-27-18-15-23)19-16-21-8-4-2-5-9-21/h2-13,20,23,27H,14-19H2,1H3. The molecule has 0 amide bonds. The molecule has 4 rings (SSSR count). The molecule has 0 radical (unpaired) electrons. The Bertz CT molecular complexity index is 1110. The van der Waals surface area contributed by atoms with E-state index < -0.39 is 10.0 Å². The number of methoxy groups -OCH3 is 1. The minimum Gasteiger partial charge on any atom is -0.497 e. The van der Waals surface area contributed by atoms with Crippen LogP contribution >= 0.6 is 0 Å². The molecular weight excluding hydrogens is 420 g/mol. The zero-order valence-corrected chi connectivity index (χ0v) is 19.2. The Hall–Kier alpha value is -2.67. The average Bonchev–Trinajstić information content (AvgIpc) is 2.85. The molecule has 0 saturated carbocycles. The summed E-state index contributed by atoms with van der Waals surface area (Å²) < 4.78 is 35.4. The van der Waals surface area contributed by atoms with Gasteiger partial charge in [-0.15, -0.1) is 0 Å². The number of piperidine rings is 1. The summed E-state index contributed by atoms with van der Waals surface area (Å²) in [5.41, 5.74) is 2.67. The topological polar surface area (TPSA) is 58.6 Å². The van der Waals surface area contributed by atoms with E-state index in [1.165, 1.54) is 0 Å². The third-order valence-corrected chi connectivity index (χ3v) is 8.05. The minimum absolute atomic E-state index is 0.0179. The van der Waals surface area contributed by atoms with Gasteiger partial charge in [0.05, 0.1) is 12.0 Å². The molecule has 0 aliphatic carbocycles. The maximum Gasteiger partial charge on any atom is 0.243 e. The number of ether oxygens (including phenoxy) is 1. The van der Waals surface area contributed by atoms with Gasteiger partial charge in [0.25, 0.3) is 0 Å². The maximum atomic E-state index is 14.1. The summed E-state index contributed by atoms with van der Waals surface area (Å²) in [4.78, 5) is 0.330. The molecule has 6 heteroatoms. The van der Waals surface area contributed by atoms with Crippen LogP contribution in [0, 0.1) is 0 Å². The fourth-order valence-electron chi connectivity index (χ4n) is 4.31. The molecule has 1 fully saturated rings. The first-order chi connectivity index (χ1) is 15.6. The number of nitrogens with zero attached hydrogens (tertiary/aromatic N) is 1. The molecule has 3 aromatic carbocycles. The predicted octanol–water partition coefficient (Wildman–Crippen LogP) is 4.35. The van der Waals surface area contributed by atoms with Crippen LogP contribution < -0.4 is 10.1 Å². The molecule has 1 N–H and O–H groups in total. The van der Waals surface area contributed by atoms with Crippen LogP contribution in [-0.4, -0.2) is 45.5 Å². The van der Waals surface area contributed by atoms with Crippen molar-refractivity contribution in [3.05, 3.63) is 84.4 Å². The summed E-state index contributed by atoms with van der Waals surface area (Å²) in [5, 5.41) is 3.35. The second kappa shape index (κ2) is 10.3. The number of nitrogens with one attached hydrogen (secondary N) is 1. The van der Waals surface area contributed by atoms with Crippen LogP contribution in [0.5, 0.6) is 5.75 Å². The molecule has 1 saturated heterocycles. The first kappa shape index (κ1) is 22.5. The van der Waals surface area contributed by atoms with Gasteiger partial charge in [-0.05, 0) is 61.7 Å². The molecule has 3 aromatic rings. The fourth-order valence-corrected chi connectivity index (χ4v) is 6.19.